The second-order valence-electron chi connectivity index (χ2n) is 4.94. The highest BCUT2D eigenvalue weighted by Crippen LogP contribution is 2.32. The lowest BCUT2D eigenvalue weighted by molar-refractivity contribution is -0.117. The van der Waals surface area contributed by atoms with E-state index in [2.05, 4.69) is 11.1 Å². The van der Waals surface area contributed by atoms with Crippen molar-refractivity contribution < 1.29 is 4.79 Å². The highest BCUT2D eigenvalue weighted by atomic mass is 32.2. The lowest BCUT2D eigenvalue weighted by Crippen LogP contribution is -2.33. The number of rotatable bonds is 4. The highest BCUT2D eigenvalue weighted by Gasteiger charge is 2.21. The zero-order valence-corrected chi connectivity index (χ0v) is 14.0. The van der Waals surface area contributed by atoms with Crippen molar-refractivity contribution in [1.82, 2.24) is 4.98 Å². The molecule has 1 atom stereocenters. The fourth-order valence-electron chi connectivity index (χ4n) is 2.15. The summed E-state index contributed by atoms with van der Waals surface area (Å²) in [6.45, 7) is 1.93. The minimum atomic E-state index is -0.175. The molecule has 0 spiro atoms. The van der Waals surface area contributed by atoms with Gasteiger partial charge in [0.15, 0.2) is 4.34 Å². The molecular weight excluding hydrogens is 312 g/mol. The second-order valence-corrected chi connectivity index (χ2v) is 7.56. The third-order valence-electron chi connectivity index (χ3n) is 3.37. The standard InChI is InChI=1S/C17H16N2OS2/c1-12(16(20)19(2)13-8-4-3-5-9-13)21-17-18-14-10-6-7-11-15(14)22-17/h3-12H,1-2H3/t12-/m0/s1. The molecule has 1 amide bonds. The van der Waals surface area contributed by atoms with E-state index >= 15 is 0 Å². The van der Waals surface area contributed by atoms with E-state index in [0.29, 0.717) is 0 Å². The van der Waals surface area contributed by atoms with Gasteiger partial charge in [-0.3, -0.25) is 4.79 Å². The van der Waals surface area contributed by atoms with E-state index in [0.717, 1.165) is 20.2 Å². The van der Waals surface area contributed by atoms with Crippen molar-refractivity contribution in [2.45, 2.75) is 16.5 Å². The summed E-state index contributed by atoms with van der Waals surface area (Å²) in [5.74, 6) is 0.0791. The van der Waals surface area contributed by atoms with Crippen LogP contribution in [0, 0.1) is 0 Å². The molecule has 0 radical (unpaired) electrons. The first kappa shape index (κ1) is 15.1. The van der Waals surface area contributed by atoms with Gasteiger partial charge in [-0.25, -0.2) is 4.98 Å². The fourth-order valence-corrected chi connectivity index (χ4v) is 4.46. The monoisotopic (exact) mass is 328 g/mol. The van der Waals surface area contributed by atoms with E-state index in [-0.39, 0.29) is 11.2 Å². The van der Waals surface area contributed by atoms with E-state index in [4.69, 9.17) is 0 Å². The van der Waals surface area contributed by atoms with Crippen molar-refractivity contribution in [2.24, 2.45) is 0 Å². The number of hydrogen-bond donors (Lipinski definition) is 0. The predicted molar refractivity (Wildman–Crippen MR) is 94.8 cm³/mol. The van der Waals surface area contributed by atoms with Crippen LogP contribution in [0.3, 0.4) is 0 Å². The number of fused-ring (bicyclic) bond motifs is 1. The molecule has 22 heavy (non-hydrogen) atoms. The van der Waals surface area contributed by atoms with Crippen LogP contribution < -0.4 is 4.90 Å². The SMILES string of the molecule is C[C@H](Sc1nc2ccccc2s1)C(=O)N(C)c1ccccc1. The molecule has 3 aromatic rings. The summed E-state index contributed by atoms with van der Waals surface area (Å²) in [4.78, 5) is 18.8. The maximum absolute atomic E-state index is 12.5. The first-order valence-corrected chi connectivity index (χ1v) is 8.69. The summed E-state index contributed by atoms with van der Waals surface area (Å²) in [7, 11) is 1.81. The molecule has 1 heterocycles. The molecular formula is C17H16N2OS2. The first-order chi connectivity index (χ1) is 10.6. The summed E-state index contributed by atoms with van der Waals surface area (Å²) < 4.78 is 2.09. The van der Waals surface area contributed by atoms with Crippen LogP contribution in [-0.2, 0) is 4.79 Å². The van der Waals surface area contributed by atoms with E-state index in [1.54, 1.807) is 16.2 Å². The number of thiazole rings is 1. The van der Waals surface area contributed by atoms with Crippen LogP contribution >= 0.6 is 23.1 Å². The Morgan fingerprint density at radius 1 is 1.14 bits per heavy atom. The minimum absolute atomic E-state index is 0.0791. The highest BCUT2D eigenvalue weighted by molar-refractivity contribution is 8.02. The van der Waals surface area contributed by atoms with Gasteiger partial charge in [0.25, 0.3) is 0 Å². The molecule has 0 aliphatic rings. The van der Waals surface area contributed by atoms with Gasteiger partial charge in [-0.05, 0) is 31.2 Å². The van der Waals surface area contributed by atoms with Gasteiger partial charge < -0.3 is 4.90 Å². The Hall–Kier alpha value is -1.85. The Labute approximate surface area is 138 Å². The zero-order valence-electron chi connectivity index (χ0n) is 12.4. The molecule has 5 heteroatoms. The number of aromatic nitrogens is 1. The van der Waals surface area contributed by atoms with Gasteiger partial charge in [0.05, 0.1) is 15.5 Å². The summed E-state index contributed by atoms with van der Waals surface area (Å²) in [6, 6.07) is 17.7. The van der Waals surface area contributed by atoms with Gasteiger partial charge in [-0.1, -0.05) is 42.1 Å². The Morgan fingerprint density at radius 3 is 2.55 bits per heavy atom. The van der Waals surface area contributed by atoms with Crippen LogP contribution in [0.5, 0.6) is 0 Å². The van der Waals surface area contributed by atoms with Gasteiger partial charge in [0.1, 0.15) is 0 Å². The van der Waals surface area contributed by atoms with E-state index < -0.39 is 0 Å². The Kier molecular flexibility index (Phi) is 4.45. The molecule has 2 aromatic carbocycles. The van der Waals surface area contributed by atoms with Crippen LogP contribution in [-0.4, -0.2) is 23.2 Å². The minimum Gasteiger partial charge on any atom is -0.315 e. The quantitative estimate of drug-likeness (QED) is 0.664. The number of para-hydroxylation sites is 2. The van der Waals surface area contributed by atoms with Crippen molar-refractivity contribution in [1.29, 1.82) is 0 Å². The number of amides is 1. The van der Waals surface area contributed by atoms with Crippen molar-refractivity contribution in [3.8, 4) is 0 Å². The van der Waals surface area contributed by atoms with Crippen molar-refractivity contribution in [3.63, 3.8) is 0 Å². The van der Waals surface area contributed by atoms with Gasteiger partial charge >= 0.3 is 0 Å². The summed E-state index contributed by atoms with van der Waals surface area (Å²) >= 11 is 3.15. The lowest BCUT2D eigenvalue weighted by Gasteiger charge is -2.20. The van der Waals surface area contributed by atoms with Crippen LogP contribution in [0.4, 0.5) is 5.69 Å². The third-order valence-corrected chi connectivity index (χ3v) is 5.59. The van der Waals surface area contributed by atoms with Gasteiger partial charge in [0.2, 0.25) is 5.91 Å². The molecule has 0 fully saturated rings. The molecule has 3 nitrogen and oxygen atoms in total. The smallest absolute Gasteiger partial charge is 0.240 e. The number of carbonyl (C=O) groups excluding carboxylic acids is 1. The molecule has 3 rings (SSSR count). The van der Waals surface area contributed by atoms with Crippen LogP contribution in [0.25, 0.3) is 10.2 Å². The maximum Gasteiger partial charge on any atom is 0.240 e. The largest absolute Gasteiger partial charge is 0.315 e. The van der Waals surface area contributed by atoms with Crippen molar-refractivity contribution in [3.05, 3.63) is 54.6 Å². The number of thioether (sulfide) groups is 1. The van der Waals surface area contributed by atoms with E-state index in [1.165, 1.54) is 11.8 Å². The van der Waals surface area contributed by atoms with Crippen LogP contribution in [0.2, 0.25) is 0 Å². The molecule has 1 aromatic heterocycles. The predicted octanol–water partition coefficient (Wildman–Crippen LogP) is 4.44. The first-order valence-electron chi connectivity index (χ1n) is 7.00. The summed E-state index contributed by atoms with van der Waals surface area (Å²) in [6.07, 6.45) is 0. The van der Waals surface area contributed by atoms with Gasteiger partial charge in [-0.15, -0.1) is 11.3 Å². The van der Waals surface area contributed by atoms with Crippen LogP contribution in [0.15, 0.2) is 58.9 Å². The molecule has 0 saturated carbocycles. The molecule has 0 N–H and O–H groups in total. The molecule has 0 aliphatic heterocycles. The van der Waals surface area contributed by atoms with Gasteiger partial charge in [-0.2, -0.15) is 0 Å². The number of hydrogen-bond acceptors (Lipinski definition) is 4. The van der Waals surface area contributed by atoms with Crippen LogP contribution in [0.1, 0.15) is 6.92 Å². The molecule has 0 unspecified atom stereocenters. The summed E-state index contributed by atoms with van der Waals surface area (Å²) in [5, 5.41) is -0.175. The maximum atomic E-state index is 12.5. The Bertz CT molecular complexity index is 752. The van der Waals surface area contributed by atoms with Crippen molar-refractivity contribution in [2.75, 3.05) is 11.9 Å². The number of benzene rings is 2. The average Bonchev–Trinajstić information content (AvgIpc) is 2.96. The number of nitrogens with zero attached hydrogens (tertiary/aromatic N) is 2. The molecule has 112 valence electrons. The van der Waals surface area contributed by atoms with Crippen molar-refractivity contribution >= 4 is 44.9 Å². The summed E-state index contributed by atoms with van der Waals surface area (Å²) in [5.41, 5.74) is 1.90. The van der Waals surface area contributed by atoms with E-state index in [9.17, 15) is 4.79 Å². The number of anilines is 1. The topological polar surface area (TPSA) is 33.2 Å². The molecule has 0 aliphatic carbocycles. The second kappa shape index (κ2) is 6.50. The molecule has 0 saturated heterocycles. The van der Waals surface area contributed by atoms with E-state index in [1.807, 2.05) is 62.5 Å². The zero-order chi connectivity index (χ0) is 15.5. The molecule has 0 bridgehead atoms. The van der Waals surface area contributed by atoms with Gasteiger partial charge in [0, 0.05) is 12.7 Å². The Balaban J connectivity index is 1.73. The number of carbonyl (C=O) groups is 1. The average molecular weight is 328 g/mol. The lowest BCUT2D eigenvalue weighted by atomic mass is 10.3. The fraction of sp³-hybridized carbons (Fsp3) is 0.176. The third kappa shape index (κ3) is 3.15. The Morgan fingerprint density at radius 2 is 1.82 bits per heavy atom. The normalized spacial score (nSPS) is 12.3.